The molecule has 2 heteroatoms. The molecule has 0 fully saturated rings. The number of fused-ring (bicyclic) bond motifs is 1. The fraction of sp³-hybridized carbons (Fsp3) is 0.615. The van der Waals surface area contributed by atoms with E-state index in [1.54, 1.807) is 0 Å². The van der Waals surface area contributed by atoms with Gasteiger partial charge in [0.2, 0.25) is 0 Å². The molecule has 2 nitrogen and oxygen atoms in total. The highest BCUT2D eigenvalue weighted by Crippen LogP contribution is 2.28. The normalized spacial score (nSPS) is 15.4. The summed E-state index contributed by atoms with van der Waals surface area (Å²) in [4.78, 5) is 4.46. The summed E-state index contributed by atoms with van der Waals surface area (Å²) in [7, 11) is 0. The van der Waals surface area contributed by atoms with E-state index in [1.165, 1.54) is 36.1 Å². The minimum absolute atomic E-state index is 0.667. The number of nitrogens with two attached hydrogens (primary N) is 1. The predicted molar refractivity (Wildman–Crippen MR) is 63.8 cm³/mol. The number of nitrogens with zero attached hydrogens (tertiary/aromatic N) is 1. The van der Waals surface area contributed by atoms with Gasteiger partial charge < -0.3 is 5.73 Å². The van der Waals surface area contributed by atoms with E-state index < -0.39 is 0 Å². The Morgan fingerprint density at radius 2 is 2.07 bits per heavy atom. The van der Waals surface area contributed by atoms with Crippen molar-refractivity contribution in [3.8, 4) is 0 Å². The molecule has 0 spiro atoms. The van der Waals surface area contributed by atoms with Crippen molar-refractivity contribution in [2.75, 3.05) is 5.73 Å². The smallest absolute Gasteiger partial charge is 0.0536 e. The van der Waals surface area contributed by atoms with Crippen molar-refractivity contribution >= 4 is 5.69 Å². The zero-order valence-corrected chi connectivity index (χ0v) is 9.71. The number of aryl methyl sites for hydroxylation is 1. The van der Waals surface area contributed by atoms with E-state index in [-0.39, 0.29) is 0 Å². The first-order valence-corrected chi connectivity index (χ1v) is 5.93. The number of anilines is 1. The van der Waals surface area contributed by atoms with Crippen LogP contribution in [0.15, 0.2) is 6.20 Å². The van der Waals surface area contributed by atoms with E-state index in [9.17, 15) is 0 Å². The number of aromatic nitrogens is 1. The SMILES string of the molecule is CC(C)Cc1c(N)cnc2c1CCCC2. The Balaban J connectivity index is 2.41. The van der Waals surface area contributed by atoms with Crippen LogP contribution in [0.3, 0.4) is 0 Å². The van der Waals surface area contributed by atoms with Crippen molar-refractivity contribution in [3.63, 3.8) is 0 Å². The minimum Gasteiger partial charge on any atom is -0.397 e. The average molecular weight is 204 g/mol. The van der Waals surface area contributed by atoms with Gasteiger partial charge in [-0.2, -0.15) is 0 Å². The first-order valence-electron chi connectivity index (χ1n) is 5.93. The maximum atomic E-state index is 6.03. The molecule has 0 amide bonds. The van der Waals surface area contributed by atoms with Crippen LogP contribution in [0.5, 0.6) is 0 Å². The number of rotatable bonds is 2. The second-order valence-electron chi connectivity index (χ2n) is 4.92. The molecule has 0 saturated carbocycles. The van der Waals surface area contributed by atoms with Gasteiger partial charge in [-0.25, -0.2) is 0 Å². The molecule has 2 rings (SSSR count). The van der Waals surface area contributed by atoms with Crippen LogP contribution in [-0.2, 0) is 19.3 Å². The molecule has 0 bridgehead atoms. The van der Waals surface area contributed by atoms with Gasteiger partial charge in [0.05, 0.1) is 11.9 Å². The molecule has 0 saturated heterocycles. The maximum Gasteiger partial charge on any atom is 0.0536 e. The zero-order chi connectivity index (χ0) is 10.8. The van der Waals surface area contributed by atoms with Crippen LogP contribution in [0.4, 0.5) is 5.69 Å². The Bertz CT molecular complexity index is 356. The molecule has 0 aliphatic heterocycles. The van der Waals surface area contributed by atoms with Gasteiger partial charge in [-0.05, 0) is 49.1 Å². The first-order chi connectivity index (χ1) is 7.18. The van der Waals surface area contributed by atoms with Crippen LogP contribution in [0.25, 0.3) is 0 Å². The fourth-order valence-corrected chi connectivity index (χ4v) is 2.41. The van der Waals surface area contributed by atoms with Gasteiger partial charge in [0.1, 0.15) is 0 Å². The van der Waals surface area contributed by atoms with Crippen molar-refractivity contribution in [2.24, 2.45) is 5.92 Å². The Kier molecular flexibility index (Phi) is 2.94. The van der Waals surface area contributed by atoms with E-state index >= 15 is 0 Å². The van der Waals surface area contributed by atoms with Crippen LogP contribution in [0.1, 0.15) is 43.5 Å². The number of pyridine rings is 1. The van der Waals surface area contributed by atoms with Gasteiger partial charge in [0.15, 0.2) is 0 Å². The molecule has 1 aromatic heterocycles. The summed E-state index contributed by atoms with van der Waals surface area (Å²) in [5.74, 6) is 0.667. The monoisotopic (exact) mass is 204 g/mol. The molecule has 82 valence electrons. The van der Waals surface area contributed by atoms with Gasteiger partial charge >= 0.3 is 0 Å². The van der Waals surface area contributed by atoms with Crippen LogP contribution in [0, 0.1) is 5.92 Å². The Morgan fingerprint density at radius 3 is 2.80 bits per heavy atom. The molecule has 0 radical (unpaired) electrons. The lowest BCUT2D eigenvalue weighted by atomic mass is 9.88. The molecule has 2 N–H and O–H groups in total. The van der Waals surface area contributed by atoms with Gasteiger partial charge in [0, 0.05) is 5.69 Å². The lowest BCUT2D eigenvalue weighted by molar-refractivity contribution is 0.619. The Hall–Kier alpha value is -1.05. The molecule has 0 atom stereocenters. The van der Waals surface area contributed by atoms with Crippen LogP contribution < -0.4 is 5.73 Å². The van der Waals surface area contributed by atoms with Crippen molar-refractivity contribution in [1.82, 2.24) is 4.98 Å². The molecule has 1 heterocycles. The van der Waals surface area contributed by atoms with Gasteiger partial charge in [-0.15, -0.1) is 0 Å². The summed E-state index contributed by atoms with van der Waals surface area (Å²) in [6.07, 6.45) is 7.84. The third-order valence-corrected chi connectivity index (χ3v) is 3.12. The molecule has 0 unspecified atom stereocenters. The average Bonchev–Trinajstić information content (AvgIpc) is 2.22. The summed E-state index contributed by atoms with van der Waals surface area (Å²) in [5.41, 5.74) is 11.0. The van der Waals surface area contributed by atoms with E-state index in [4.69, 9.17) is 5.73 Å². The molecular formula is C13H20N2. The highest BCUT2D eigenvalue weighted by atomic mass is 14.7. The first kappa shape index (κ1) is 10.5. The summed E-state index contributed by atoms with van der Waals surface area (Å²) < 4.78 is 0. The largest absolute Gasteiger partial charge is 0.397 e. The predicted octanol–water partition coefficient (Wildman–Crippen LogP) is 2.74. The molecule has 1 aromatic rings. The maximum absolute atomic E-state index is 6.03. The summed E-state index contributed by atoms with van der Waals surface area (Å²) in [6.45, 7) is 4.49. The van der Waals surface area contributed by atoms with E-state index in [1.807, 2.05) is 6.20 Å². The highest BCUT2D eigenvalue weighted by molar-refractivity contribution is 5.51. The van der Waals surface area contributed by atoms with Gasteiger partial charge in [-0.3, -0.25) is 4.98 Å². The molecule has 0 aromatic carbocycles. The summed E-state index contributed by atoms with van der Waals surface area (Å²) in [6, 6.07) is 0. The lowest BCUT2D eigenvalue weighted by Gasteiger charge is -2.20. The summed E-state index contributed by atoms with van der Waals surface area (Å²) in [5, 5.41) is 0. The minimum atomic E-state index is 0.667. The van der Waals surface area contributed by atoms with Crippen LogP contribution in [-0.4, -0.2) is 4.98 Å². The third-order valence-electron chi connectivity index (χ3n) is 3.12. The van der Waals surface area contributed by atoms with Crippen molar-refractivity contribution < 1.29 is 0 Å². The van der Waals surface area contributed by atoms with Gasteiger partial charge in [0.25, 0.3) is 0 Å². The van der Waals surface area contributed by atoms with E-state index in [0.717, 1.165) is 18.5 Å². The third kappa shape index (κ3) is 2.14. The molecule has 1 aliphatic carbocycles. The second kappa shape index (κ2) is 4.21. The fourth-order valence-electron chi connectivity index (χ4n) is 2.41. The molecule has 1 aliphatic rings. The Morgan fingerprint density at radius 1 is 1.33 bits per heavy atom. The number of hydrogen-bond donors (Lipinski definition) is 1. The summed E-state index contributed by atoms with van der Waals surface area (Å²) >= 11 is 0. The van der Waals surface area contributed by atoms with Crippen molar-refractivity contribution in [2.45, 2.75) is 46.0 Å². The second-order valence-corrected chi connectivity index (χ2v) is 4.92. The van der Waals surface area contributed by atoms with E-state index in [0.29, 0.717) is 5.92 Å². The lowest BCUT2D eigenvalue weighted by Crippen LogP contribution is -2.12. The number of hydrogen-bond acceptors (Lipinski definition) is 2. The van der Waals surface area contributed by atoms with Crippen molar-refractivity contribution in [3.05, 3.63) is 23.0 Å². The van der Waals surface area contributed by atoms with Crippen molar-refractivity contribution in [1.29, 1.82) is 0 Å². The highest BCUT2D eigenvalue weighted by Gasteiger charge is 2.17. The number of nitrogen functional groups attached to an aromatic ring is 1. The van der Waals surface area contributed by atoms with Crippen LogP contribution >= 0.6 is 0 Å². The zero-order valence-electron chi connectivity index (χ0n) is 9.71. The van der Waals surface area contributed by atoms with E-state index in [2.05, 4.69) is 18.8 Å². The quantitative estimate of drug-likeness (QED) is 0.804. The Labute approximate surface area is 91.9 Å². The van der Waals surface area contributed by atoms with Crippen LogP contribution in [0.2, 0.25) is 0 Å². The molecule has 15 heavy (non-hydrogen) atoms. The molecular weight excluding hydrogens is 184 g/mol. The standard InChI is InChI=1S/C13H20N2/c1-9(2)7-11-10-5-3-4-6-13(10)15-8-12(11)14/h8-9H,3-7,14H2,1-2H3. The topological polar surface area (TPSA) is 38.9 Å². The van der Waals surface area contributed by atoms with Gasteiger partial charge in [-0.1, -0.05) is 13.8 Å².